The summed E-state index contributed by atoms with van der Waals surface area (Å²) in [6.45, 7) is 6.28. The van der Waals surface area contributed by atoms with Crippen LogP contribution >= 0.6 is 0 Å². The Balaban J connectivity index is 4.44. The van der Waals surface area contributed by atoms with Crippen LogP contribution < -0.4 is 0 Å². The van der Waals surface area contributed by atoms with Crippen molar-refractivity contribution in [2.45, 2.75) is 200 Å². The fraction of sp³-hybridized carbons (Fsp3) is 0.660. The van der Waals surface area contributed by atoms with Gasteiger partial charge in [-0.15, -0.1) is 0 Å². The number of carbonyl (C=O) groups excluding carboxylic acids is 3. The Hall–Kier alpha value is -3.41. The lowest BCUT2D eigenvalue weighted by Gasteiger charge is -2.18. The molecule has 56 heavy (non-hydrogen) atoms. The molecule has 0 aliphatic heterocycles. The molecule has 0 bridgehead atoms. The molecule has 0 rings (SSSR count). The first kappa shape index (κ1) is 52.6. The first-order chi connectivity index (χ1) is 27.5. The first-order valence-electron chi connectivity index (χ1n) is 22.6. The van der Waals surface area contributed by atoms with Crippen LogP contribution in [0.3, 0.4) is 0 Å². The van der Waals surface area contributed by atoms with E-state index in [9.17, 15) is 14.4 Å². The van der Waals surface area contributed by atoms with Crippen LogP contribution in [-0.4, -0.2) is 37.2 Å². The third-order valence-electron chi connectivity index (χ3n) is 9.18. The second-order valence-corrected chi connectivity index (χ2v) is 14.6. The van der Waals surface area contributed by atoms with Crippen molar-refractivity contribution in [1.29, 1.82) is 0 Å². The minimum absolute atomic E-state index is 0.102. The highest BCUT2D eigenvalue weighted by molar-refractivity contribution is 5.71. The Kier molecular flexibility index (Phi) is 41.6. The van der Waals surface area contributed by atoms with E-state index in [0.717, 1.165) is 109 Å². The standard InChI is InChI=1S/C50H82O6/c1-4-7-10-13-16-19-21-23-24-25-27-28-31-34-37-40-43-49(52)55-46-47(45-54-48(51)42-39-36-33-30-18-15-12-9-6-3)56-50(53)44-41-38-35-32-29-26-22-20-17-14-11-8-5-2/h7-8,10-11,14,16-17,19-20,22-24,30,33,47H,4-6,9,12-13,15,18,21,25-29,31-32,34-46H2,1-3H3/b10-7-,11-8-,17-14-,19-16-,22-20-,24-23-,33-30-. The van der Waals surface area contributed by atoms with Gasteiger partial charge < -0.3 is 14.2 Å². The van der Waals surface area contributed by atoms with Crippen LogP contribution in [0.4, 0.5) is 0 Å². The van der Waals surface area contributed by atoms with Crippen LogP contribution in [0.15, 0.2) is 85.1 Å². The van der Waals surface area contributed by atoms with E-state index in [1.54, 1.807) is 0 Å². The van der Waals surface area contributed by atoms with E-state index in [1.807, 2.05) is 6.08 Å². The number of carbonyl (C=O) groups is 3. The minimum atomic E-state index is -0.801. The molecule has 0 heterocycles. The molecule has 0 saturated carbocycles. The summed E-state index contributed by atoms with van der Waals surface area (Å²) < 4.78 is 16.6. The summed E-state index contributed by atoms with van der Waals surface area (Å²) in [5.74, 6) is -0.980. The zero-order valence-corrected chi connectivity index (χ0v) is 36.1. The smallest absolute Gasteiger partial charge is 0.306 e. The Morgan fingerprint density at radius 2 is 0.804 bits per heavy atom. The summed E-state index contributed by atoms with van der Waals surface area (Å²) in [4.78, 5) is 37.7. The molecule has 6 nitrogen and oxygen atoms in total. The van der Waals surface area contributed by atoms with Gasteiger partial charge >= 0.3 is 17.9 Å². The second kappa shape index (κ2) is 44.3. The number of rotatable bonds is 39. The molecule has 0 aromatic carbocycles. The van der Waals surface area contributed by atoms with Gasteiger partial charge in [0.2, 0.25) is 0 Å². The maximum atomic E-state index is 12.7. The van der Waals surface area contributed by atoms with E-state index in [4.69, 9.17) is 14.2 Å². The molecule has 0 aliphatic carbocycles. The average molecular weight is 779 g/mol. The topological polar surface area (TPSA) is 78.9 Å². The maximum Gasteiger partial charge on any atom is 0.306 e. The number of hydrogen-bond donors (Lipinski definition) is 0. The molecule has 0 aromatic heterocycles. The Morgan fingerprint density at radius 1 is 0.393 bits per heavy atom. The fourth-order valence-corrected chi connectivity index (χ4v) is 5.81. The molecule has 1 atom stereocenters. The van der Waals surface area contributed by atoms with Crippen molar-refractivity contribution in [3.05, 3.63) is 85.1 Å². The van der Waals surface area contributed by atoms with Gasteiger partial charge in [-0.1, -0.05) is 170 Å². The lowest BCUT2D eigenvalue weighted by atomic mass is 10.1. The highest BCUT2D eigenvalue weighted by Gasteiger charge is 2.19. The van der Waals surface area contributed by atoms with Gasteiger partial charge in [0.25, 0.3) is 0 Å². The van der Waals surface area contributed by atoms with E-state index in [-0.39, 0.29) is 31.1 Å². The summed E-state index contributed by atoms with van der Waals surface area (Å²) in [5, 5.41) is 0. The number of unbranched alkanes of at least 4 members (excludes halogenated alkanes) is 16. The van der Waals surface area contributed by atoms with E-state index < -0.39 is 6.10 Å². The Labute approximate surface area is 344 Å². The summed E-state index contributed by atoms with van der Waals surface area (Å²) >= 11 is 0. The fourth-order valence-electron chi connectivity index (χ4n) is 5.81. The van der Waals surface area contributed by atoms with Crippen molar-refractivity contribution < 1.29 is 28.6 Å². The lowest BCUT2D eigenvalue weighted by Crippen LogP contribution is -2.30. The van der Waals surface area contributed by atoms with Crippen molar-refractivity contribution in [3.63, 3.8) is 0 Å². The van der Waals surface area contributed by atoms with Crippen LogP contribution in [-0.2, 0) is 28.6 Å². The largest absolute Gasteiger partial charge is 0.462 e. The van der Waals surface area contributed by atoms with E-state index in [1.165, 1.54) is 38.5 Å². The SMILES string of the molecule is CC\C=C/C=C\C=C/CCCCCCCC(=O)OC(COC(=O)CCC/C=C\CCCCCC)COC(=O)CCCCCCCC/C=C\C/C=C\C/C=C\CC. The first-order valence-corrected chi connectivity index (χ1v) is 22.6. The number of hydrogen-bond acceptors (Lipinski definition) is 6. The molecule has 318 valence electrons. The predicted octanol–water partition coefficient (Wildman–Crippen LogP) is 14.5. The monoisotopic (exact) mass is 779 g/mol. The highest BCUT2D eigenvalue weighted by Crippen LogP contribution is 2.12. The molecular formula is C50H82O6. The molecule has 0 N–H and O–H groups in total. The average Bonchev–Trinajstić information content (AvgIpc) is 3.19. The quantitative estimate of drug-likeness (QED) is 0.0203. The van der Waals surface area contributed by atoms with E-state index >= 15 is 0 Å². The van der Waals surface area contributed by atoms with Crippen molar-refractivity contribution >= 4 is 17.9 Å². The van der Waals surface area contributed by atoms with Crippen LogP contribution in [0.5, 0.6) is 0 Å². The molecule has 0 aliphatic rings. The van der Waals surface area contributed by atoms with Crippen LogP contribution in [0, 0.1) is 0 Å². The molecule has 0 aromatic rings. The summed E-state index contributed by atoms with van der Waals surface area (Å²) in [6.07, 6.45) is 55.7. The zero-order valence-electron chi connectivity index (χ0n) is 36.1. The molecule has 0 spiro atoms. The van der Waals surface area contributed by atoms with Gasteiger partial charge in [0, 0.05) is 19.3 Å². The van der Waals surface area contributed by atoms with Gasteiger partial charge in [-0.05, 0) is 89.9 Å². The summed E-state index contributed by atoms with van der Waals surface area (Å²) in [5.41, 5.74) is 0. The second-order valence-electron chi connectivity index (χ2n) is 14.6. The highest BCUT2D eigenvalue weighted by atomic mass is 16.6. The van der Waals surface area contributed by atoms with Gasteiger partial charge in [0.15, 0.2) is 6.10 Å². The Bertz CT molecular complexity index is 1120. The van der Waals surface area contributed by atoms with Crippen LogP contribution in [0.1, 0.15) is 194 Å². The van der Waals surface area contributed by atoms with Gasteiger partial charge in [0.05, 0.1) is 0 Å². The van der Waals surface area contributed by atoms with Crippen molar-refractivity contribution in [3.8, 4) is 0 Å². The van der Waals surface area contributed by atoms with Crippen LogP contribution in [0.2, 0.25) is 0 Å². The number of allylic oxidation sites excluding steroid dienone is 14. The molecule has 1 unspecified atom stereocenters. The molecule has 0 amide bonds. The van der Waals surface area contributed by atoms with Crippen molar-refractivity contribution in [1.82, 2.24) is 0 Å². The van der Waals surface area contributed by atoms with Crippen molar-refractivity contribution in [2.24, 2.45) is 0 Å². The summed E-state index contributed by atoms with van der Waals surface area (Å²) in [6, 6.07) is 0. The van der Waals surface area contributed by atoms with Gasteiger partial charge in [-0.25, -0.2) is 0 Å². The van der Waals surface area contributed by atoms with Gasteiger partial charge in [-0.2, -0.15) is 0 Å². The zero-order chi connectivity index (χ0) is 40.8. The molecular weight excluding hydrogens is 697 g/mol. The van der Waals surface area contributed by atoms with Crippen molar-refractivity contribution in [2.75, 3.05) is 13.2 Å². The molecule has 0 radical (unpaired) electrons. The molecule has 6 heteroatoms. The van der Waals surface area contributed by atoms with E-state index in [0.29, 0.717) is 25.7 Å². The van der Waals surface area contributed by atoms with Gasteiger partial charge in [0.1, 0.15) is 13.2 Å². The Morgan fingerprint density at radius 3 is 1.38 bits per heavy atom. The van der Waals surface area contributed by atoms with Crippen LogP contribution in [0.25, 0.3) is 0 Å². The predicted molar refractivity (Wildman–Crippen MR) is 237 cm³/mol. The third kappa shape index (κ3) is 41.7. The molecule has 0 saturated heterocycles. The minimum Gasteiger partial charge on any atom is -0.462 e. The van der Waals surface area contributed by atoms with Gasteiger partial charge in [-0.3, -0.25) is 14.4 Å². The number of ether oxygens (including phenoxy) is 3. The maximum absolute atomic E-state index is 12.7. The van der Waals surface area contributed by atoms with E-state index in [2.05, 4.69) is 99.8 Å². The lowest BCUT2D eigenvalue weighted by molar-refractivity contribution is -0.167. The third-order valence-corrected chi connectivity index (χ3v) is 9.18. The normalized spacial score (nSPS) is 12.8. The molecule has 0 fully saturated rings. The summed E-state index contributed by atoms with van der Waals surface area (Å²) in [7, 11) is 0. The number of esters is 3.